The molecule has 0 bridgehead atoms. The van der Waals surface area contributed by atoms with Gasteiger partial charge in [-0.15, -0.1) is 0 Å². The number of hydrogen-bond donors (Lipinski definition) is 0. The van der Waals surface area contributed by atoms with Crippen LogP contribution in [0.4, 0.5) is 17.6 Å². The maximum absolute atomic E-state index is 14.0. The molecule has 0 unspecified atom stereocenters. The van der Waals surface area contributed by atoms with Crippen LogP contribution in [0.3, 0.4) is 0 Å². The third kappa shape index (κ3) is 4.06. The Morgan fingerprint density at radius 3 is 2.11 bits per heavy atom. The number of halogens is 6. The first kappa shape index (κ1) is 19.6. The molecule has 3 aromatic carbocycles. The molecule has 0 fully saturated rings. The largest absolute Gasteiger partial charge is 0.494 e. The van der Waals surface area contributed by atoms with Crippen LogP contribution in [-0.2, 0) is 6.18 Å². The van der Waals surface area contributed by atoms with Gasteiger partial charge in [-0.3, -0.25) is 0 Å². The van der Waals surface area contributed by atoms with Crippen LogP contribution in [0.2, 0.25) is 10.0 Å². The topological polar surface area (TPSA) is 18.5 Å². The summed E-state index contributed by atoms with van der Waals surface area (Å²) in [5.74, 6) is -1.07. The number of benzene rings is 3. The van der Waals surface area contributed by atoms with E-state index in [1.165, 1.54) is 0 Å². The van der Waals surface area contributed by atoms with Crippen LogP contribution in [0, 0.1) is 5.82 Å². The lowest BCUT2D eigenvalue weighted by Crippen LogP contribution is -2.09. The van der Waals surface area contributed by atoms with E-state index in [0.717, 1.165) is 10.8 Å². The molecule has 0 atom stereocenters. The fraction of sp³-hybridized carbons (Fsp3) is 0.158. The van der Waals surface area contributed by atoms with Gasteiger partial charge in [-0.1, -0.05) is 35.3 Å². The van der Waals surface area contributed by atoms with Crippen molar-refractivity contribution in [3.8, 4) is 17.2 Å². The molecule has 27 heavy (non-hydrogen) atoms. The fourth-order valence-electron chi connectivity index (χ4n) is 2.52. The Hall–Kier alpha value is -2.18. The second-order valence-electron chi connectivity index (χ2n) is 5.57. The van der Waals surface area contributed by atoms with Crippen molar-refractivity contribution in [2.45, 2.75) is 13.1 Å². The number of ether oxygens (including phenoxy) is 2. The van der Waals surface area contributed by atoms with Gasteiger partial charge in [0, 0.05) is 0 Å². The van der Waals surface area contributed by atoms with Gasteiger partial charge in [-0.25, -0.2) is 4.39 Å². The predicted octanol–water partition coefficient (Wildman–Crippen LogP) is 7.50. The summed E-state index contributed by atoms with van der Waals surface area (Å²) in [6, 6.07) is 10.8. The molecular weight excluding hydrogens is 407 g/mol. The molecule has 2 nitrogen and oxygen atoms in total. The average Bonchev–Trinajstić information content (AvgIpc) is 2.61. The molecule has 0 aliphatic rings. The molecule has 0 aromatic heterocycles. The summed E-state index contributed by atoms with van der Waals surface area (Å²) in [5, 5.41) is 0.377. The van der Waals surface area contributed by atoms with Crippen molar-refractivity contribution in [2.75, 3.05) is 6.61 Å². The van der Waals surface area contributed by atoms with Gasteiger partial charge in [-0.05, 0) is 48.0 Å². The Balaban J connectivity index is 1.97. The summed E-state index contributed by atoms with van der Waals surface area (Å²) >= 11 is 11.6. The van der Waals surface area contributed by atoms with Gasteiger partial charge >= 0.3 is 6.18 Å². The van der Waals surface area contributed by atoms with Gasteiger partial charge in [0.25, 0.3) is 0 Å². The van der Waals surface area contributed by atoms with Crippen molar-refractivity contribution >= 4 is 34.0 Å². The van der Waals surface area contributed by atoms with E-state index in [4.69, 9.17) is 32.7 Å². The molecule has 0 saturated carbocycles. The lowest BCUT2D eigenvalue weighted by molar-refractivity contribution is -0.140. The second kappa shape index (κ2) is 7.44. The molecule has 0 aliphatic carbocycles. The normalized spacial score (nSPS) is 11.7. The fourth-order valence-corrected chi connectivity index (χ4v) is 3.05. The molecule has 0 radical (unpaired) electrons. The summed E-state index contributed by atoms with van der Waals surface area (Å²) < 4.78 is 63.4. The molecule has 3 aromatic rings. The summed E-state index contributed by atoms with van der Waals surface area (Å²) in [6.07, 6.45) is -4.92. The highest BCUT2D eigenvalue weighted by atomic mass is 35.5. The predicted molar refractivity (Wildman–Crippen MR) is 96.6 cm³/mol. The second-order valence-corrected chi connectivity index (χ2v) is 6.35. The van der Waals surface area contributed by atoms with Crippen molar-refractivity contribution in [1.29, 1.82) is 0 Å². The van der Waals surface area contributed by atoms with Crippen molar-refractivity contribution in [3.05, 3.63) is 63.9 Å². The molecule has 3 rings (SSSR count). The van der Waals surface area contributed by atoms with Gasteiger partial charge in [0.05, 0.1) is 17.2 Å². The zero-order valence-corrected chi connectivity index (χ0v) is 15.3. The first-order chi connectivity index (χ1) is 12.7. The van der Waals surface area contributed by atoms with Crippen molar-refractivity contribution in [2.24, 2.45) is 0 Å². The van der Waals surface area contributed by atoms with E-state index < -0.39 is 27.6 Å². The van der Waals surface area contributed by atoms with Crippen LogP contribution in [0.25, 0.3) is 10.8 Å². The van der Waals surface area contributed by atoms with Crippen LogP contribution in [0.5, 0.6) is 17.2 Å². The van der Waals surface area contributed by atoms with E-state index in [1.54, 1.807) is 30.3 Å². The highest BCUT2D eigenvalue weighted by molar-refractivity contribution is 6.37. The van der Waals surface area contributed by atoms with Gasteiger partial charge in [0.2, 0.25) is 0 Å². The minimum absolute atomic E-state index is 0.245. The number of fused-ring (bicyclic) bond motifs is 1. The quantitative estimate of drug-likeness (QED) is 0.322. The van der Waals surface area contributed by atoms with E-state index in [-0.39, 0.29) is 11.5 Å². The Kier molecular flexibility index (Phi) is 5.40. The molecule has 0 aliphatic heterocycles. The van der Waals surface area contributed by atoms with Crippen LogP contribution in [0.15, 0.2) is 42.5 Å². The maximum atomic E-state index is 14.0. The molecule has 8 heteroatoms. The van der Waals surface area contributed by atoms with Crippen LogP contribution in [-0.4, -0.2) is 6.61 Å². The van der Waals surface area contributed by atoms with Crippen LogP contribution in [0.1, 0.15) is 12.5 Å². The molecule has 0 amide bonds. The standard InChI is InChI=1S/C19H12Cl2F4O2/c1-2-26-12-5-3-11-8-13(6-4-10(11)7-12)27-18-15(20)9-14(19(23,24)25)17(22)16(18)21/h3-9H,2H2,1H3. The minimum atomic E-state index is -4.92. The smallest absolute Gasteiger partial charge is 0.419 e. The van der Waals surface area contributed by atoms with E-state index in [2.05, 4.69) is 0 Å². The summed E-state index contributed by atoms with van der Waals surface area (Å²) in [4.78, 5) is 0. The molecule has 0 saturated heterocycles. The van der Waals surface area contributed by atoms with Gasteiger partial charge in [0.1, 0.15) is 16.5 Å². The Morgan fingerprint density at radius 1 is 0.926 bits per heavy atom. The Morgan fingerprint density at radius 2 is 1.52 bits per heavy atom. The Labute approximate surface area is 162 Å². The summed E-state index contributed by atoms with van der Waals surface area (Å²) in [5.41, 5.74) is -1.55. The highest BCUT2D eigenvalue weighted by Crippen LogP contribution is 2.44. The van der Waals surface area contributed by atoms with E-state index >= 15 is 0 Å². The lowest BCUT2D eigenvalue weighted by Gasteiger charge is -2.15. The minimum Gasteiger partial charge on any atom is -0.494 e. The zero-order chi connectivity index (χ0) is 19.8. The third-order valence-electron chi connectivity index (χ3n) is 3.74. The maximum Gasteiger partial charge on any atom is 0.419 e. The average molecular weight is 419 g/mol. The highest BCUT2D eigenvalue weighted by Gasteiger charge is 2.37. The number of hydrogen-bond acceptors (Lipinski definition) is 2. The van der Waals surface area contributed by atoms with Crippen LogP contribution < -0.4 is 9.47 Å². The molecule has 0 spiro atoms. The Bertz CT molecular complexity index is 1000. The lowest BCUT2D eigenvalue weighted by atomic mass is 10.1. The van der Waals surface area contributed by atoms with Gasteiger partial charge in [-0.2, -0.15) is 13.2 Å². The summed E-state index contributed by atoms with van der Waals surface area (Å²) in [6.45, 7) is 2.40. The molecule has 0 N–H and O–H groups in total. The monoisotopic (exact) mass is 418 g/mol. The van der Waals surface area contributed by atoms with E-state index in [9.17, 15) is 17.6 Å². The molecule has 142 valence electrons. The summed E-state index contributed by atoms with van der Waals surface area (Å²) in [7, 11) is 0. The zero-order valence-electron chi connectivity index (χ0n) is 13.8. The first-order valence-electron chi connectivity index (χ1n) is 7.80. The van der Waals surface area contributed by atoms with Crippen molar-refractivity contribution in [3.63, 3.8) is 0 Å². The van der Waals surface area contributed by atoms with E-state index in [0.29, 0.717) is 18.4 Å². The SMILES string of the molecule is CCOc1ccc2cc(Oc3c(Cl)cc(C(F)(F)F)c(F)c3Cl)ccc2c1. The first-order valence-corrected chi connectivity index (χ1v) is 8.55. The molecular formula is C19H12Cl2F4O2. The number of rotatable bonds is 4. The van der Waals surface area contributed by atoms with Crippen molar-refractivity contribution < 1.29 is 27.0 Å². The van der Waals surface area contributed by atoms with Gasteiger partial charge in [0.15, 0.2) is 11.6 Å². The van der Waals surface area contributed by atoms with Gasteiger partial charge < -0.3 is 9.47 Å². The number of alkyl halides is 3. The van der Waals surface area contributed by atoms with Crippen LogP contribution >= 0.6 is 23.2 Å². The molecule has 0 heterocycles. The van der Waals surface area contributed by atoms with Crippen molar-refractivity contribution in [1.82, 2.24) is 0 Å². The van der Waals surface area contributed by atoms with E-state index in [1.807, 2.05) is 13.0 Å². The third-order valence-corrected chi connectivity index (χ3v) is 4.35.